The number of rotatable bonds is 5. The molecule has 3 heteroatoms. The molecule has 0 saturated heterocycles. The maximum Gasteiger partial charge on any atom is 0.0242 e. The Morgan fingerprint density at radius 2 is 2.18 bits per heavy atom. The molecule has 1 aliphatic rings. The first-order chi connectivity index (χ1) is 5.24. The van der Waals surface area contributed by atoms with Crippen LogP contribution in [0.1, 0.15) is 25.7 Å². The minimum absolute atomic E-state index is 0.689. The van der Waals surface area contributed by atoms with Gasteiger partial charge in [0.05, 0.1) is 0 Å². The number of hydrogen-bond donors (Lipinski definition) is 0. The first-order valence-electron chi connectivity index (χ1n) is 4.08. The molecule has 0 amide bonds. The molecule has 1 saturated carbocycles. The summed E-state index contributed by atoms with van der Waals surface area (Å²) in [5.41, 5.74) is 0. The quantitative estimate of drug-likeness (QED) is 0.485. The topological polar surface area (TPSA) is 0 Å². The van der Waals surface area contributed by atoms with Gasteiger partial charge in [-0.15, -0.1) is 0 Å². The van der Waals surface area contributed by atoms with E-state index in [4.69, 9.17) is 0 Å². The maximum atomic E-state index is 3.61. The van der Waals surface area contributed by atoms with Crippen LogP contribution in [0.25, 0.3) is 0 Å². The van der Waals surface area contributed by atoms with Crippen molar-refractivity contribution < 1.29 is 0 Å². The van der Waals surface area contributed by atoms with Gasteiger partial charge in [-0.05, 0) is 25.2 Å². The summed E-state index contributed by atoms with van der Waals surface area (Å²) in [6, 6.07) is 0. The second-order valence-corrected chi connectivity index (χ2v) is 6.74. The Bertz CT molecular complexity index is 115. The Balaban J connectivity index is 1.88. The highest BCUT2D eigenvalue weighted by molar-refractivity contribution is 14.1. The molecule has 0 bridgehead atoms. The van der Waals surface area contributed by atoms with E-state index in [1.807, 2.05) is 0 Å². The summed E-state index contributed by atoms with van der Waals surface area (Å²) in [6.07, 6.45) is 5.64. The lowest BCUT2D eigenvalue weighted by Gasteiger charge is -2.03. The second kappa shape index (κ2) is 5.43. The van der Waals surface area contributed by atoms with Crippen molar-refractivity contribution >= 4 is 54.5 Å². The highest BCUT2D eigenvalue weighted by Crippen LogP contribution is 2.41. The van der Waals surface area contributed by atoms with Crippen molar-refractivity contribution in [1.29, 1.82) is 0 Å². The highest BCUT2D eigenvalue weighted by Gasteiger charge is 2.33. The van der Waals surface area contributed by atoms with Gasteiger partial charge in [0.25, 0.3) is 0 Å². The molecule has 0 aromatic heterocycles. The van der Waals surface area contributed by atoms with Crippen LogP contribution in [0.3, 0.4) is 0 Å². The predicted octanol–water partition coefficient (Wildman–Crippen LogP) is 4.14. The summed E-state index contributed by atoms with van der Waals surface area (Å²) < 4.78 is 1.00. The van der Waals surface area contributed by atoms with Crippen molar-refractivity contribution in [2.24, 2.45) is 5.92 Å². The molecule has 1 rings (SSSR count). The highest BCUT2D eigenvalue weighted by atomic mass is 127. The molecule has 0 aromatic rings. The van der Waals surface area contributed by atoms with Crippen molar-refractivity contribution in [2.45, 2.75) is 34.4 Å². The average Bonchev–Trinajstić information content (AvgIpc) is 2.66. The first kappa shape index (κ1) is 10.8. The Labute approximate surface area is 99.3 Å². The molecular weight excluding hydrogens is 383 g/mol. The normalized spacial score (nSPS) is 31.9. The molecule has 0 aliphatic heterocycles. The van der Waals surface area contributed by atoms with Gasteiger partial charge in [-0.1, -0.05) is 60.9 Å². The molecular formula is C8H13Br2I. The zero-order valence-corrected chi connectivity index (χ0v) is 11.7. The summed E-state index contributed by atoms with van der Waals surface area (Å²) in [7, 11) is 0. The summed E-state index contributed by atoms with van der Waals surface area (Å²) in [6.45, 7) is 0. The van der Waals surface area contributed by atoms with Gasteiger partial charge in [0.1, 0.15) is 0 Å². The third-order valence-corrected chi connectivity index (χ3v) is 6.05. The van der Waals surface area contributed by atoms with Crippen molar-refractivity contribution in [2.75, 3.05) is 5.33 Å². The van der Waals surface area contributed by atoms with Gasteiger partial charge in [0.15, 0.2) is 0 Å². The largest absolute Gasteiger partial charge is 0.0916 e. The smallest absolute Gasteiger partial charge is 0.0242 e. The van der Waals surface area contributed by atoms with Crippen LogP contribution in [0.2, 0.25) is 0 Å². The fourth-order valence-corrected chi connectivity index (χ4v) is 2.85. The van der Waals surface area contributed by atoms with Crippen molar-refractivity contribution in [3.63, 3.8) is 0 Å². The van der Waals surface area contributed by atoms with Gasteiger partial charge < -0.3 is 0 Å². The first-order valence-corrected chi connectivity index (χ1v) is 7.36. The Morgan fingerprint density at radius 3 is 2.64 bits per heavy atom. The molecule has 0 nitrogen and oxygen atoms in total. The van der Waals surface area contributed by atoms with E-state index in [-0.39, 0.29) is 0 Å². The van der Waals surface area contributed by atoms with Crippen LogP contribution < -0.4 is 0 Å². The van der Waals surface area contributed by atoms with E-state index in [0.29, 0.717) is 4.83 Å². The van der Waals surface area contributed by atoms with Crippen LogP contribution in [0, 0.1) is 5.92 Å². The van der Waals surface area contributed by atoms with Crippen molar-refractivity contribution in [3.8, 4) is 0 Å². The third kappa shape index (κ3) is 4.46. The molecule has 1 aliphatic carbocycles. The summed E-state index contributed by atoms with van der Waals surface area (Å²) in [4.78, 5) is 0.689. The minimum atomic E-state index is 0.689. The van der Waals surface area contributed by atoms with E-state index in [1.54, 1.807) is 0 Å². The van der Waals surface area contributed by atoms with Crippen LogP contribution >= 0.6 is 54.5 Å². The lowest BCUT2D eigenvalue weighted by atomic mass is 10.1. The van der Waals surface area contributed by atoms with E-state index < -0.39 is 0 Å². The summed E-state index contributed by atoms with van der Waals surface area (Å²) >= 11 is 9.64. The molecule has 1 fully saturated rings. The van der Waals surface area contributed by atoms with Crippen LogP contribution in [-0.2, 0) is 0 Å². The molecule has 3 atom stereocenters. The Kier molecular flexibility index (Phi) is 5.31. The fraction of sp³-hybridized carbons (Fsp3) is 1.00. The Hall–Kier alpha value is 1.69. The maximum absolute atomic E-state index is 3.61. The zero-order chi connectivity index (χ0) is 8.27. The second-order valence-electron chi connectivity index (χ2n) is 3.19. The van der Waals surface area contributed by atoms with Crippen LogP contribution in [0.5, 0.6) is 0 Å². The molecule has 0 radical (unpaired) electrons. The van der Waals surface area contributed by atoms with E-state index in [2.05, 4.69) is 54.5 Å². The van der Waals surface area contributed by atoms with Crippen molar-refractivity contribution in [3.05, 3.63) is 0 Å². The lowest BCUT2D eigenvalue weighted by Crippen LogP contribution is -1.98. The SMILES string of the molecule is BrCC(Br)CCC[C@@H]1C[C@H]1I. The monoisotopic (exact) mass is 394 g/mol. The lowest BCUT2D eigenvalue weighted by molar-refractivity contribution is 0.636. The van der Waals surface area contributed by atoms with Gasteiger partial charge in [-0.2, -0.15) is 0 Å². The molecule has 0 aromatic carbocycles. The number of hydrogen-bond acceptors (Lipinski definition) is 0. The van der Waals surface area contributed by atoms with E-state index in [9.17, 15) is 0 Å². The van der Waals surface area contributed by atoms with Crippen LogP contribution in [-0.4, -0.2) is 14.1 Å². The zero-order valence-electron chi connectivity index (χ0n) is 6.40. The number of alkyl halides is 3. The molecule has 0 spiro atoms. The van der Waals surface area contributed by atoms with E-state index >= 15 is 0 Å². The van der Waals surface area contributed by atoms with Gasteiger partial charge in [0, 0.05) is 14.1 Å². The van der Waals surface area contributed by atoms with Gasteiger partial charge >= 0.3 is 0 Å². The third-order valence-electron chi connectivity index (χ3n) is 2.10. The van der Waals surface area contributed by atoms with E-state index in [1.165, 1.54) is 25.7 Å². The van der Waals surface area contributed by atoms with Gasteiger partial charge in [0.2, 0.25) is 0 Å². The molecule has 66 valence electrons. The fourth-order valence-electron chi connectivity index (χ4n) is 1.19. The summed E-state index contributed by atoms with van der Waals surface area (Å²) in [5, 5.41) is 1.09. The van der Waals surface area contributed by atoms with E-state index in [0.717, 1.165) is 15.2 Å². The predicted molar refractivity (Wildman–Crippen MR) is 66.3 cm³/mol. The van der Waals surface area contributed by atoms with Gasteiger partial charge in [-0.3, -0.25) is 0 Å². The minimum Gasteiger partial charge on any atom is -0.0916 e. The molecule has 11 heavy (non-hydrogen) atoms. The van der Waals surface area contributed by atoms with Crippen LogP contribution in [0.15, 0.2) is 0 Å². The average molecular weight is 396 g/mol. The van der Waals surface area contributed by atoms with Crippen LogP contribution in [0.4, 0.5) is 0 Å². The molecule has 0 heterocycles. The standard InChI is InChI=1S/C8H13Br2I/c9-5-7(10)3-1-2-6-4-8(6)11/h6-8H,1-5H2/t6-,7?,8-/m1/s1. The Morgan fingerprint density at radius 1 is 1.55 bits per heavy atom. The van der Waals surface area contributed by atoms with Gasteiger partial charge in [-0.25, -0.2) is 0 Å². The molecule has 0 N–H and O–H groups in total. The summed E-state index contributed by atoms with van der Waals surface area (Å²) in [5.74, 6) is 1.06. The van der Waals surface area contributed by atoms with Crippen molar-refractivity contribution in [1.82, 2.24) is 0 Å². The molecule has 1 unspecified atom stereocenters. The number of halogens is 3.